The van der Waals surface area contributed by atoms with Gasteiger partial charge in [0.15, 0.2) is 0 Å². The van der Waals surface area contributed by atoms with Gasteiger partial charge in [0, 0.05) is 24.0 Å². The Labute approximate surface area is 92.7 Å². The summed E-state index contributed by atoms with van der Waals surface area (Å²) in [5.74, 6) is 0. The summed E-state index contributed by atoms with van der Waals surface area (Å²) in [7, 11) is 0. The fraction of sp³-hybridized carbons (Fsp3) is 0.692. The zero-order valence-electron chi connectivity index (χ0n) is 10.1. The molecule has 15 heavy (non-hydrogen) atoms. The van der Waals surface area contributed by atoms with E-state index in [1.807, 2.05) is 0 Å². The molecule has 0 amide bonds. The van der Waals surface area contributed by atoms with Crippen molar-refractivity contribution >= 4 is 0 Å². The molecule has 1 aliphatic rings. The second kappa shape index (κ2) is 4.40. The number of aryl methyl sites for hydroxylation is 1. The first kappa shape index (κ1) is 10.7. The number of nitrogens with one attached hydrogen (secondary N) is 1. The Balaban J connectivity index is 2.13. The molecule has 2 nitrogen and oxygen atoms in total. The molecule has 1 fully saturated rings. The van der Waals surface area contributed by atoms with Gasteiger partial charge in [0.2, 0.25) is 0 Å². The highest BCUT2D eigenvalue weighted by Crippen LogP contribution is 2.19. The summed E-state index contributed by atoms with van der Waals surface area (Å²) >= 11 is 0. The van der Waals surface area contributed by atoms with E-state index in [0.29, 0.717) is 0 Å². The van der Waals surface area contributed by atoms with E-state index in [9.17, 15) is 0 Å². The van der Waals surface area contributed by atoms with Crippen LogP contribution in [0.15, 0.2) is 6.07 Å². The van der Waals surface area contributed by atoms with Crippen molar-refractivity contribution in [2.24, 2.45) is 0 Å². The first-order valence-corrected chi connectivity index (χ1v) is 6.11. The summed E-state index contributed by atoms with van der Waals surface area (Å²) in [5, 5.41) is 3.57. The predicted molar refractivity (Wildman–Crippen MR) is 64.3 cm³/mol. The Morgan fingerprint density at radius 3 is 2.80 bits per heavy atom. The number of nitrogens with zero attached hydrogens (tertiary/aromatic N) is 1. The summed E-state index contributed by atoms with van der Waals surface area (Å²) in [6.07, 6.45) is 3.90. The molecule has 1 aromatic heterocycles. The van der Waals surface area contributed by atoms with Gasteiger partial charge in [-0.05, 0) is 58.2 Å². The lowest BCUT2D eigenvalue weighted by Gasteiger charge is -2.10. The fourth-order valence-corrected chi connectivity index (χ4v) is 2.76. The van der Waals surface area contributed by atoms with Crippen LogP contribution in [0.5, 0.6) is 0 Å². The number of aromatic nitrogens is 1. The molecule has 1 N–H and O–H groups in total. The zero-order valence-corrected chi connectivity index (χ0v) is 10.1. The molecule has 1 atom stereocenters. The van der Waals surface area contributed by atoms with E-state index in [-0.39, 0.29) is 0 Å². The first-order valence-electron chi connectivity index (χ1n) is 6.11. The van der Waals surface area contributed by atoms with E-state index in [2.05, 4.69) is 36.7 Å². The van der Waals surface area contributed by atoms with Crippen LogP contribution in [0.2, 0.25) is 0 Å². The normalized spacial score (nSPS) is 21.1. The second-order valence-electron chi connectivity index (χ2n) is 4.64. The van der Waals surface area contributed by atoms with Gasteiger partial charge in [-0.3, -0.25) is 0 Å². The van der Waals surface area contributed by atoms with Gasteiger partial charge >= 0.3 is 0 Å². The maximum absolute atomic E-state index is 3.57. The second-order valence-corrected chi connectivity index (χ2v) is 4.64. The third-order valence-corrected chi connectivity index (χ3v) is 3.62. The third-order valence-electron chi connectivity index (χ3n) is 3.62. The molecular formula is C13H22N2. The highest BCUT2D eigenvalue weighted by molar-refractivity contribution is 5.27. The molecule has 84 valence electrons. The van der Waals surface area contributed by atoms with Crippen molar-refractivity contribution in [2.75, 3.05) is 6.54 Å². The van der Waals surface area contributed by atoms with Gasteiger partial charge in [0.25, 0.3) is 0 Å². The Morgan fingerprint density at radius 2 is 2.27 bits per heavy atom. The van der Waals surface area contributed by atoms with Crippen molar-refractivity contribution < 1.29 is 0 Å². The Morgan fingerprint density at radius 1 is 1.47 bits per heavy atom. The molecule has 0 radical (unpaired) electrons. The van der Waals surface area contributed by atoms with Crippen molar-refractivity contribution in [1.29, 1.82) is 0 Å². The van der Waals surface area contributed by atoms with Crippen LogP contribution in [0.25, 0.3) is 0 Å². The average molecular weight is 206 g/mol. The molecule has 1 unspecified atom stereocenters. The smallest absolute Gasteiger partial charge is 0.0196 e. The number of hydrogen-bond donors (Lipinski definition) is 1. The molecule has 1 saturated heterocycles. The van der Waals surface area contributed by atoms with E-state index >= 15 is 0 Å². The van der Waals surface area contributed by atoms with Crippen LogP contribution in [0.3, 0.4) is 0 Å². The highest BCUT2D eigenvalue weighted by atomic mass is 15.0. The van der Waals surface area contributed by atoms with E-state index in [4.69, 9.17) is 0 Å². The summed E-state index contributed by atoms with van der Waals surface area (Å²) in [5.41, 5.74) is 4.40. The van der Waals surface area contributed by atoms with Crippen LogP contribution >= 0.6 is 0 Å². The molecule has 2 heterocycles. The quantitative estimate of drug-likeness (QED) is 0.803. The molecule has 0 spiro atoms. The maximum atomic E-state index is 3.57. The SMILES string of the molecule is CCn1c(C)cc(CC2CCCN2)c1C. The monoisotopic (exact) mass is 206 g/mol. The van der Waals surface area contributed by atoms with Crippen LogP contribution in [0, 0.1) is 13.8 Å². The van der Waals surface area contributed by atoms with Gasteiger partial charge in [-0.1, -0.05) is 0 Å². The molecular weight excluding hydrogens is 184 g/mol. The van der Waals surface area contributed by atoms with Crippen molar-refractivity contribution in [3.63, 3.8) is 0 Å². The zero-order chi connectivity index (χ0) is 10.8. The van der Waals surface area contributed by atoms with Crippen molar-refractivity contribution in [3.8, 4) is 0 Å². The van der Waals surface area contributed by atoms with E-state index < -0.39 is 0 Å². The van der Waals surface area contributed by atoms with E-state index in [1.54, 1.807) is 0 Å². The van der Waals surface area contributed by atoms with Crippen LogP contribution in [-0.2, 0) is 13.0 Å². The lowest BCUT2D eigenvalue weighted by molar-refractivity contribution is 0.599. The molecule has 1 aliphatic heterocycles. The van der Waals surface area contributed by atoms with Gasteiger partial charge in [-0.2, -0.15) is 0 Å². The molecule has 0 saturated carbocycles. The van der Waals surface area contributed by atoms with Crippen molar-refractivity contribution in [1.82, 2.24) is 9.88 Å². The fourth-order valence-electron chi connectivity index (χ4n) is 2.76. The van der Waals surface area contributed by atoms with Gasteiger partial charge in [-0.15, -0.1) is 0 Å². The van der Waals surface area contributed by atoms with E-state index in [0.717, 1.165) is 12.6 Å². The summed E-state index contributed by atoms with van der Waals surface area (Å²) in [6, 6.07) is 3.08. The minimum atomic E-state index is 0.718. The van der Waals surface area contributed by atoms with Crippen LogP contribution in [0.4, 0.5) is 0 Å². The van der Waals surface area contributed by atoms with Crippen molar-refractivity contribution in [3.05, 3.63) is 23.0 Å². The van der Waals surface area contributed by atoms with E-state index in [1.165, 1.54) is 42.8 Å². The highest BCUT2D eigenvalue weighted by Gasteiger charge is 2.17. The molecule has 0 bridgehead atoms. The van der Waals surface area contributed by atoms with Crippen molar-refractivity contribution in [2.45, 2.75) is 52.6 Å². The summed E-state index contributed by atoms with van der Waals surface area (Å²) in [6.45, 7) is 8.98. The average Bonchev–Trinajstić information content (AvgIpc) is 2.78. The topological polar surface area (TPSA) is 17.0 Å². The largest absolute Gasteiger partial charge is 0.349 e. The minimum absolute atomic E-state index is 0.718. The minimum Gasteiger partial charge on any atom is -0.349 e. The molecule has 2 heteroatoms. The maximum Gasteiger partial charge on any atom is 0.0196 e. The summed E-state index contributed by atoms with van der Waals surface area (Å²) in [4.78, 5) is 0. The van der Waals surface area contributed by atoms with Gasteiger partial charge in [-0.25, -0.2) is 0 Å². The van der Waals surface area contributed by atoms with Crippen LogP contribution in [-0.4, -0.2) is 17.2 Å². The van der Waals surface area contributed by atoms with Gasteiger partial charge in [0.1, 0.15) is 0 Å². The molecule has 0 aliphatic carbocycles. The molecule has 2 rings (SSSR count). The first-order chi connectivity index (χ1) is 7.22. The van der Waals surface area contributed by atoms with Gasteiger partial charge in [0.05, 0.1) is 0 Å². The van der Waals surface area contributed by atoms with Crippen LogP contribution in [0.1, 0.15) is 36.7 Å². The predicted octanol–water partition coefficient (Wildman–Crippen LogP) is 2.42. The lowest BCUT2D eigenvalue weighted by Crippen LogP contribution is -2.23. The lowest BCUT2D eigenvalue weighted by atomic mass is 10.1. The number of hydrogen-bond acceptors (Lipinski definition) is 1. The van der Waals surface area contributed by atoms with Crippen LogP contribution < -0.4 is 5.32 Å². The summed E-state index contributed by atoms with van der Waals surface area (Å²) < 4.78 is 2.41. The Hall–Kier alpha value is -0.760. The number of rotatable bonds is 3. The Kier molecular flexibility index (Phi) is 3.15. The standard InChI is InChI=1S/C13H22N2/c1-4-15-10(2)8-12(11(15)3)9-13-6-5-7-14-13/h8,13-14H,4-7,9H2,1-3H3. The third kappa shape index (κ3) is 2.10. The Bertz CT molecular complexity index is 333. The molecule has 0 aromatic carbocycles. The molecule has 1 aromatic rings. The van der Waals surface area contributed by atoms with Gasteiger partial charge < -0.3 is 9.88 Å².